The molecule has 1 heterocycles. The second kappa shape index (κ2) is 8.40. The average molecular weight is 350 g/mol. The topological polar surface area (TPSA) is 41.6 Å². The van der Waals surface area contributed by atoms with Crippen LogP contribution >= 0.6 is 28.3 Å². The third-order valence-corrected chi connectivity index (χ3v) is 3.54. The summed E-state index contributed by atoms with van der Waals surface area (Å²) in [6.45, 7) is 3.52. The van der Waals surface area contributed by atoms with Gasteiger partial charge in [0.1, 0.15) is 5.75 Å². The maximum atomic E-state index is 12.0. The molecule has 1 aromatic carbocycles. The van der Waals surface area contributed by atoms with Crippen molar-refractivity contribution in [2.45, 2.75) is 6.42 Å². The van der Waals surface area contributed by atoms with Crippen LogP contribution < -0.4 is 10.1 Å². The number of carbonyl (C=O) groups excluding carboxylic acids is 1. The Labute approximate surface area is 128 Å². The first-order valence-electron chi connectivity index (χ1n) is 6.13. The molecule has 0 bridgehead atoms. The number of para-hydroxylation sites is 1. The first kappa shape index (κ1) is 16.3. The second-order valence-electron chi connectivity index (χ2n) is 4.20. The van der Waals surface area contributed by atoms with Gasteiger partial charge in [0.25, 0.3) is 5.91 Å². The second-order valence-corrected chi connectivity index (χ2v) is 5.06. The van der Waals surface area contributed by atoms with Crippen LogP contribution in [0.1, 0.15) is 6.42 Å². The van der Waals surface area contributed by atoms with Gasteiger partial charge in [0.15, 0.2) is 6.61 Å². The lowest BCUT2D eigenvalue weighted by molar-refractivity contribution is -0.133. The van der Waals surface area contributed by atoms with Gasteiger partial charge in [-0.25, -0.2) is 0 Å². The summed E-state index contributed by atoms with van der Waals surface area (Å²) in [5.74, 6) is 0.758. The van der Waals surface area contributed by atoms with Crippen LogP contribution in [0.25, 0.3) is 0 Å². The van der Waals surface area contributed by atoms with E-state index < -0.39 is 0 Å². The molecule has 1 amide bonds. The molecule has 0 aliphatic carbocycles. The summed E-state index contributed by atoms with van der Waals surface area (Å²) >= 11 is 3.40. The molecular weight excluding hydrogens is 332 g/mol. The van der Waals surface area contributed by atoms with Crippen molar-refractivity contribution in [3.63, 3.8) is 0 Å². The Kier molecular flexibility index (Phi) is 7.20. The van der Waals surface area contributed by atoms with Crippen LogP contribution in [0.2, 0.25) is 0 Å². The molecule has 0 spiro atoms. The van der Waals surface area contributed by atoms with Crippen LogP contribution in [0.15, 0.2) is 28.7 Å². The van der Waals surface area contributed by atoms with Crippen LogP contribution in [-0.4, -0.2) is 43.6 Å². The molecule has 6 heteroatoms. The third kappa shape index (κ3) is 5.01. The van der Waals surface area contributed by atoms with Crippen LogP contribution in [0.3, 0.4) is 0 Å². The first-order valence-corrected chi connectivity index (χ1v) is 6.92. The normalized spacial score (nSPS) is 15.3. The Bertz CT molecular complexity index is 409. The zero-order valence-electron chi connectivity index (χ0n) is 10.6. The number of nitrogens with zero attached hydrogens (tertiary/aromatic N) is 1. The molecule has 0 aromatic heterocycles. The van der Waals surface area contributed by atoms with Crippen molar-refractivity contribution >= 4 is 34.2 Å². The fraction of sp³-hybridized carbons (Fsp3) is 0.462. The number of nitrogens with one attached hydrogen (secondary N) is 1. The van der Waals surface area contributed by atoms with E-state index in [9.17, 15) is 4.79 Å². The molecule has 1 saturated heterocycles. The van der Waals surface area contributed by atoms with Crippen molar-refractivity contribution in [3.05, 3.63) is 28.7 Å². The summed E-state index contributed by atoms with van der Waals surface area (Å²) in [6, 6.07) is 7.55. The van der Waals surface area contributed by atoms with Gasteiger partial charge in [-0.15, -0.1) is 12.4 Å². The molecule has 1 aliphatic rings. The van der Waals surface area contributed by atoms with Crippen molar-refractivity contribution in [1.29, 1.82) is 0 Å². The number of halogens is 2. The van der Waals surface area contributed by atoms with Gasteiger partial charge in [-0.1, -0.05) is 12.1 Å². The highest BCUT2D eigenvalue weighted by atomic mass is 79.9. The van der Waals surface area contributed by atoms with Crippen LogP contribution in [-0.2, 0) is 4.79 Å². The highest BCUT2D eigenvalue weighted by Gasteiger charge is 2.15. The van der Waals surface area contributed by atoms with E-state index in [-0.39, 0.29) is 24.9 Å². The molecule has 0 unspecified atom stereocenters. The van der Waals surface area contributed by atoms with Gasteiger partial charge in [-0.3, -0.25) is 4.79 Å². The molecule has 1 fully saturated rings. The third-order valence-electron chi connectivity index (χ3n) is 2.88. The summed E-state index contributed by atoms with van der Waals surface area (Å²) < 4.78 is 6.40. The maximum Gasteiger partial charge on any atom is 0.260 e. The lowest BCUT2D eigenvalue weighted by atomic mass is 10.3. The predicted molar refractivity (Wildman–Crippen MR) is 81.0 cm³/mol. The summed E-state index contributed by atoms with van der Waals surface area (Å²) in [7, 11) is 0. The highest BCUT2D eigenvalue weighted by Crippen LogP contribution is 2.23. The molecule has 0 saturated carbocycles. The van der Waals surface area contributed by atoms with Crippen LogP contribution in [0.5, 0.6) is 5.75 Å². The van der Waals surface area contributed by atoms with E-state index in [0.717, 1.165) is 37.1 Å². The average Bonchev–Trinajstić information content (AvgIpc) is 2.66. The Morgan fingerprint density at radius 1 is 1.32 bits per heavy atom. The van der Waals surface area contributed by atoms with E-state index >= 15 is 0 Å². The number of benzene rings is 1. The van der Waals surface area contributed by atoms with Crippen molar-refractivity contribution in [2.75, 3.05) is 32.8 Å². The molecule has 1 N–H and O–H groups in total. The lowest BCUT2D eigenvalue weighted by Crippen LogP contribution is -2.37. The Morgan fingerprint density at radius 3 is 2.89 bits per heavy atom. The summed E-state index contributed by atoms with van der Waals surface area (Å²) in [5, 5.41) is 3.27. The summed E-state index contributed by atoms with van der Waals surface area (Å²) in [4.78, 5) is 13.9. The fourth-order valence-electron chi connectivity index (χ4n) is 1.89. The zero-order valence-corrected chi connectivity index (χ0v) is 13.0. The number of ether oxygens (including phenoxy) is 1. The van der Waals surface area contributed by atoms with Gasteiger partial charge in [0, 0.05) is 19.6 Å². The number of hydrogen-bond acceptors (Lipinski definition) is 3. The Morgan fingerprint density at radius 2 is 2.11 bits per heavy atom. The van der Waals surface area contributed by atoms with Crippen LogP contribution in [0.4, 0.5) is 0 Å². The van der Waals surface area contributed by atoms with Gasteiger partial charge in [-0.05, 0) is 41.0 Å². The van der Waals surface area contributed by atoms with Crippen molar-refractivity contribution < 1.29 is 9.53 Å². The maximum absolute atomic E-state index is 12.0. The molecule has 0 atom stereocenters. The number of carbonyl (C=O) groups is 1. The molecule has 2 rings (SSSR count). The van der Waals surface area contributed by atoms with E-state index in [4.69, 9.17) is 4.74 Å². The number of rotatable bonds is 3. The number of amides is 1. The van der Waals surface area contributed by atoms with E-state index in [1.165, 1.54) is 0 Å². The summed E-state index contributed by atoms with van der Waals surface area (Å²) in [6.07, 6.45) is 1.00. The number of hydrogen-bond donors (Lipinski definition) is 1. The minimum atomic E-state index is 0. The quantitative estimate of drug-likeness (QED) is 0.908. The minimum absolute atomic E-state index is 0. The van der Waals surface area contributed by atoms with Crippen molar-refractivity contribution in [2.24, 2.45) is 0 Å². The van der Waals surface area contributed by atoms with Gasteiger partial charge >= 0.3 is 0 Å². The highest BCUT2D eigenvalue weighted by molar-refractivity contribution is 9.10. The van der Waals surface area contributed by atoms with E-state index in [0.29, 0.717) is 5.75 Å². The molecule has 1 aromatic rings. The van der Waals surface area contributed by atoms with Crippen molar-refractivity contribution in [1.82, 2.24) is 10.2 Å². The van der Waals surface area contributed by atoms with E-state index in [1.54, 1.807) is 0 Å². The SMILES string of the molecule is Cl.O=C(COc1ccccc1Br)N1CCCNCC1. The molecular formula is C13H18BrClN2O2. The lowest BCUT2D eigenvalue weighted by Gasteiger charge is -2.20. The molecule has 106 valence electrons. The van der Waals surface area contributed by atoms with Crippen LogP contribution in [0, 0.1) is 0 Å². The standard InChI is InChI=1S/C13H17BrN2O2.ClH/c14-11-4-1-2-5-12(11)18-10-13(17)16-8-3-6-15-7-9-16;/h1-2,4-5,15H,3,6-10H2;1H. The Balaban J connectivity index is 0.00000180. The molecule has 4 nitrogen and oxygen atoms in total. The monoisotopic (exact) mass is 348 g/mol. The Hall–Kier alpha value is -0.780. The molecule has 0 radical (unpaired) electrons. The zero-order chi connectivity index (χ0) is 12.8. The van der Waals surface area contributed by atoms with Gasteiger partial charge in [0.05, 0.1) is 4.47 Å². The predicted octanol–water partition coefficient (Wildman–Crippen LogP) is 2.07. The largest absolute Gasteiger partial charge is 0.483 e. The van der Waals surface area contributed by atoms with Gasteiger partial charge in [0.2, 0.25) is 0 Å². The van der Waals surface area contributed by atoms with E-state index in [1.807, 2.05) is 29.2 Å². The minimum Gasteiger partial charge on any atom is -0.483 e. The van der Waals surface area contributed by atoms with Gasteiger partial charge < -0.3 is 15.0 Å². The molecule has 19 heavy (non-hydrogen) atoms. The van der Waals surface area contributed by atoms with E-state index in [2.05, 4.69) is 21.2 Å². The molecule has 1 aliphatic heterocycles. The first-order chi connectivity index (χ1) is 8.77. The fourth-order valence-corrected chi connectivity index (χ4v) is 2.29. The van der Waals surface area contributed by atoms with Gasteiger partial charge in [-0.2, -0.15) is 0 Å². The smallest absolute Gasteiger partial charge is 0.260 e. The van der Waals surface area contributed by atoms with Crippen molar-refractivity contribution in [3.8, 4) is 5.75 Å². The summed E-state index contributed by atoms with van der Waals surface area (Å²) in [5.41, 5.74) is 0.